The molecule has 15 aromatic carbocycles. The predicted molar refractivity (Wildman–Crippen MR) is 430 cm³/mol. The molecular formula is C102H66N4. The zero-order chi connectivity index (χ0) is 69.9. The highest BCUT2D eigenvalue weighted by Gasteiger charge is 2.49. The quantitative estimate of drug-likeness (QED) is 0.122. The van der Waals surface area contributed by atoms with Crippen molar-refractivity contribution in [2.24, 2.45) is 0 Å². The average Bonchev–Trinajstić information content (AvgIpc) is 1.42. The zero-order valence-electron chi connectivity index (χ0n) is 57.9. The summed E-state index contributed by atoms with van der Waals surface area (Å²) in [6.45, 7) is 0. The largest absolute Gasteiger partial charge is 0.228 e. The Morgan fingerprint density at radius 2 is 0.519 bits per heavy atom. The van der Waals surface area contributed by atoms with Crippen molar-refractivity contribution in [3.8, 4) is 112 Å². The first-order valence-corrected chi connectivity index (χ1v) is 36.7. The van der Waals surface area contributed by atoms with Gasteiger partial charge in [-0.1, -0.05) is 352 Å². The van der Waals surface area contributed by atoms with Gasteiger partial charge in [0, 0.05) is 45.2 Å². The molecule has 0 saturated carbocycles. The van der Waals surface area contributed by atoms with Crippen molar-refractivity contribution in [2.45, 2.75) is 22.7 Å². The highest BCUT2D eigenvalue weighted by molar-refractivity contribution is 5.99. The van der Waals surface area contributed by atoms with Gasteiger partial charge in [0.1, 0.15) is 0 Å². The van der Waals surface area contributed by atoms with Crippen molar-refractivity contribution in [3.05, 3.63) is 466 Å². The lowest BCUT2D eigenvalue weighted by Crippen LogP contribution is -2.28. The third-order valence-corrected chi connectivity index (χ3v) is 23.1. The van der Waals surface area contributed by atoms with Gasteiger partial charge in [-0.3, -0.25) is 0 Å². The minimum absolute atomic E-state index is 0.00965. The number of hydrogen-bond acceptors (Lipinski definition) is 4. The number of nitrogens with zero attached hydrogens (tertiary/aromatic N) is 4. The highest BCUT2D eigenvalue weighted by Crippen LogP contribution is 2.61. The molecule has 0 saturated heterocycles. The van der Waals surface area contributed by atoms with Crippen LogP contribution in [0.3, 0.4) is 0 Å². The fraction of sp³-hybridized carbons (Fsp3) is 0.0392. The van der Waals surface area contributed by atoms with Crippen LogP contribution in [0.25, 0.3) is 112 Å². The fourth-order valence-electron chi connectivity index (χ4n) is 18.6. The van der Waals surface area contributed by atoms with Crippen molar-refractivity contribution in [3.63, 3.8) is 0 Å². The molecule has 0 amide bonds. The van der Waals surface area contributed by atoms with E-state index < -0.39 is 10.8 Å². The Labute approximate surface area is 617 Å². The van der Waals surface area contributed by atoms with Crippen LogP contribution in [0, 0.1) is 0 Å². The Hall–Kier alpha value is -13.5. The molecule has 494 valence electrons. The van der Waals surface area contributed by atoms with Gasteiger partial charge in [0.15, 0.2) is 11.6 Å². The fourth-order valence-corrected chi connectivity index (χ4v) is 18.6. The minimum atomic E-state index is -0.539. The molecule has 2 atom stereocenters. The van der Waals surface area contributed by atoms with Crippen LogP contribution in [0.1, 0.15) is 89.7 Å². The SMILES string of the molecule is c1ccc(-c2nc(-c3cccc(-c4ccc5c(c4)-c4ccccc4C5(c4ccccc4)c4ccccc4)c3)cc(-c3ccc4c(c3)C3c5ccccc5C4c4cc(-c5cc(-c6ccccc6-c6cccc7c6-c6ccccc6C7(c6ccccc6)c6ccccc6)nc(-c6ccccc6)n5)ccc43)n2)cc1. The molecule has 2 unspecified atom stereocenters. The number of fused-ring (bicyclic) bond motifs is 6. The van der Waals surface area contributed by atoms with Gasteiger partial charge in [-0.15, -0.1) is 0 Å². The highest BCUT2D eigenvalue weighted by atomic mass is 14.9. The van der Waals surface area contributed by atoms with Crippen LogP contribution in [0.2, 0.25) is 0 Å². The summed E-state index contributed by atoms with van der Waals surface area (Å²) in [6, 6.07) is 142. The molecule has 5 aliphatic carbocycles. The lowest BCUT2D eigenvalue weighted by atomic mass is 9.60. The van der Waals surface area contributed by atoms with Crippen molar-refractivity contribution < 1.29 is 0 Å². The molecule has 0 aliphatic heterocycles. The second-order valence-electron chi connectivity index (χ2n) is 28.5. The monoisotopic (exact) mass is 1350 g/mol. The summed E-state index contributed by atoms with van der Waals surface area (Å²) in [7, 11) is 0. The van der Waals surface area contributed by atoms with E-state index in [9.17, 15) is 0 Å². The smallest absolute Gasteiger partial charge is 0.160 e. The molecule has 2 aromatic heterocycles. The molecule has 22 rings (SSSR count). The Bertz CT molecular complexity index is 6250. The van der Waals surface area contributed by atoms with Gasteiger partial charge >= 0.3 is 0 Å². The van der Waals surface area contributed by atoms with Crippen LogP contribution in [-0.2, 0) is 10.8 Å². The Kier molecular flexibility index (Phi) is 14.2. The Balaban J connectivity index is 0.662. The summed E-state index contributed by atoms with van der Waals surface area (Å²) in [4.78, 5) is 21.9. The van der Waals surface area contributed by atoms with E-state index in [4.69, 9.17) is 19.9 Å². The van der Waals surface area contributed by atoms with Gasteiger partial charge in [-0.05, 0) is 159 Å². The molecule has 0 fully saturated rings. The molecule has 4 heteroatoms. The van der Waals surface area contributed by atoms with Crippen LogP contribution < -0.4 is 0 Å². The summed E-state index contributed by atoms with van der Waals surface area (Å²) in [5, 5.41) is 0. The van der Waals surface area contributed by atoms with E-state index in [-0.39, 0.29) is 11.8 Å². The molecule has 2 bridgehead atoms. The summed E-state index contributed by atoms with van der Waals surface area (Å²) in [5.74, 6) is 1.34. The van der Waals surface area contributed by atoms with Gasteiger partial charge in [0.2, 0.25) is 0 Å². The van der Waals surface area contributed by atoms with E-state index in [1.54, 1.807) is 0 Å². The lowest BCUT2D eigenvalue weighted by Gasteiger charge is -2.42. The number of aromatic nitrogens is 4. The normalized spacial score (nSPS) is 14.8. The maximum atomic E-state index is 5.54. The Morgan fingerprint density at radius 3 is 1.06 bits per heavy atom. The van der Waals surface area contributed by atoms with Gasteiger partial charge in [-0.25, -0.2) is 19.9 Å². The van der Waals surface area contributed by atoms with Crippen LogP contribution in [0.5, 0.6) is 0 Å². The number of benzene rings is 15. The van der Waals surface area contributed by atoms with Crippen LogP contribution in [0.4, 0.5) is 0 Å². The van der Waals surface area contributed by atoms with E-state index in [2.05, 4.69) is 388 Å². The molecular weight excluding hydrogens is 1280 g/mol. The maximum Gasteiger partial charge on any atom is 0.160 e. The van der Waals surface area contributed by atoms with Crippen LogP contribution >= 0.6 is 0 Å². The van der Waals surface area contributed by atoms with Crippen molar-refractivity contribution >= 4 is 0 Å². The van der Waals surface area contributed by atoms with Gasteiger partial charge < -0.3 is 0 Å². The van der Waals surface area contributed by atoms with Crippen molar-refractivity contribution in [1.82, 2.24) is 19.9 Å². The van der Waals surface area contributed by atoms with Gasteiger partial charge in [-0.2, -0.15) is 0 Å². The molecule has 5 aliphatic rings. The molecule has 0 N–H and O–H groups in total. The summed E-state index contributed by atoms with van der Waals surface area (Å²) < 4.78 is 0. The standard InChI is InChI=1S/C102H66N4/c1-7-29-65(30-8-1)99-103-92(69-34-27-33-67(59-69)68-55-58-90-85(60-68)77-44-23-25-50-88(77)101(90,72-35-11-3-12-36-72)73-37-13-4-14-38-73)63-93(104-99)70-53-56-82-86(61-70)96-80-46-21-22-47-81(80)97(82)87-62-71(54-57-83(87)96)94-64-95(106-100(105-94)66-31-9-2-10-32-66)78-45-20-19-43-76(78)79-49-28-52-91-98(79)84-48-24-26-51-89(84)102(91,74-39-15-5-16-40-74)75-41-17-6-18-42-75/h1-64,96-97H. The summed E-state index contributed by atoms with van der Waals surface area (Å²) in [6.07, 6.45) is 0. The molecule has 2 heterocycles. The molecule has 0 radical (unpaired) electrons. The van der Waals surface area contributed by atoms with E-state index in [1.165, 1.54) is 100 Å². The summed E-state index contributed by atoms with van der Waals surface area (Å²) >= 11 is 0. The molecule has 106 heavy (non-hydrogen) atoms. The molecule has 4 nitrogen and oxygen atoms in total. The van der Waals surface area contributed by atoms with E-state index in [0.717, 1.165) is 78.4 Å². The van der Waals surface area contributed by atoms with Crippen molar-refractivity contribution in [2.75, 3.05) is 0 Å². The maximum absolute atomic E-state index is 5.54. The third-order valence-electron chi connectivity index (χ3n) is 23.1. The second-order valence-corrected chi connectivity index (χ2v) is 28.5. The molecule has 0 spiro atoms. The van der Waals surface area contributed by atoms with Gasteiger partial charge in [0.05, 0.1) is 33.6 Å². The number of hydrogen-bond donors (Lipinski definition) is 0. The van der Waals surface area contributed by atoms with E-state index >= 15 is 0 Å². The van der Waals surface area contributed by atoms with Gasteiger partial charge in [0.25, 0.3) is 0 Å². The lowest BCUT2D eigenvalue weighted by molar-refractivity contribution is 0.755. The van der Waals surface area contributed by atoms with Crippen LogP contribution in [0.15, 0.2) is 388 Å². The minimum Gasteiger partial charge on any atom is -0.228 e. The Morgan fingerprint density at radius 1 is 0.179 bits per heavy atom. The van der Waals surface area contributed by atoms with E-state index in [0.29, 0.717) is 11.6 Å². The first-order valence-electron chi connectivity index (χ1n) is 36.7. The topological polar surface area (TPSA) is 51.6 Å². The van der Waals surface area contributed by atoms with Crippen LogP contribution in [-0.4, -0.2) is 19.9 Å². The van der Waals surface area contributed by atoms with Crippen molar-refractivity contribution in [1.29, 1.82) is 0 Å². The zero-order valence-corrected chi connectivity index (χ0v) is 57.9. The predicted octanol–water partition coefficient (Wildman–Crippen LogP) is 24.3. The van der Waals surface area contributed by atoms with E-state index in [1.807, 2.05) is 0 Å². The first-order chi connectivity index (χ1) is 52.6. The number of rotatable bonds is 12. The summed E-state index contributed by atoms with van der Waals surface area (Å²) in [5.41, 5.74) is 36.1. The molecule has 17 aromatic rings. The second kappa shape index (κ2) is 24.6. The first kappa shape index (κ1) is 61.2. The average molecular weight is 1350 g/mol. The third kappa shape index (κ3) is 9.40.